The Morgan fingerprint density at radius 3 is 1.24 bits per heavy atom. The molecule has 6 rings (SSSR count). The third-order valence-electron chi connectivity index (χ3n) is 8.15. The fourth-order valence-electron chi connectivity index (χ4n) is 5.46. The Balaban J connectivity index is 1.37. The number of carbonyl (C=O) groups excluding carboxylic acids is 5. The number of rotatable bonds is 12. The van der Waals surface area contributed by atoms with E-state index >= 15 is 0 Å². The van der Waals surface area contributed by atoms with Crippen LogP contribution in [-0.2, 0) is 39.8 Å². The molecule has 5 atom stereocenters. The molecular formula is C42H34O12. The maximum Gasteiger partial charge on any atom is 0.508 e. The molecule has 0 N–H and O–H groups in total. The van der Waals surface area contributed by atoms with E-state index in [-0.39, 0.29) is 28.9 Å². The van der Waals surface area contributed by atoms with Crippen LogP contribution in [0.5, 0.6) is 0 Å². The van der Waals surface area contributed by atoms with Crippen molar-refractivity contribution in [2.24, 2.45) is 0 Å². The Labute approximate surface area is 310 Å². The highest BCUT2D eigenvalue weighted by atomic mass is 16.8. The minimum atomic E-state index is -1.78. The molecule has 1 saturated heterocycles. The fraction of sp³-hybridized carbons (Fsp3) is 0.167. The van der Waals surface area contributed by atoms with Crippen molar-refractivity contribution in [1.82, 2.24) is 0 Å². The molecule has 5 aromatic carbocycles. The number of carbonyl (C=O) groups is 5. The predicted molar refractivity (Wildman–Crippen MR) is 190 cm³/mol. The van der Waals surface area contributed by atoms with E-state index in [1.807, 2.05) is 6.07 Å². The van der Waals surface area contributed by atoms with E-state index in [2.05, 4.69) is 0 Å². The first-order valence-corrected chi connectivity index (χ1v) is 16.9. The van der Waals surface area contributed by atoms with Gasteiger partial charge >= 0.3 is 30.0 Å². The molecule has 0 spiro atoms. The monoisotopic (exact) mass is 730 g/mol. The first kappa shape index (κ1) is 37.0. The molecule has 54 heavy (non-hydrogen) atoms. The van der Waals surface area contributed by atoms with E-state index < -0.39 is 67.3 Å². The van der Waals surface area contributed by atoms with Crippen LogP contribution in [0.2, 0.25) is 0 Å². The van der Waals surface area contributed by atoms with E-state index in [9.17, 15) is 24.0 Å². The summed E-state index contributed by atoms with van der Waals surface area (Å²) in [6.45, 7) is -0.748. The Morgan fingerprint density at radius 1 is 0.426 bits per heavy atom. The maximum absolute atomic E-state index is 13.7. The van der Waals surface area contributed by atoms with E-state index in [1.165, 1.54) is 48.5 Å². The van der Waals surface area contributed by atoms with E-state index in [0.29, 0.717) is 5.56 Å². The fourth-order valence-corrected chi connectivity index (χ4v) is 5.46. The van der Waals surface area contributed by atoms with Crippen molar-refractivity contribution >= 4 is 30.0 Å². The van der Waals surface area contributed by atoms with Crippen molar-refractivity contribution in [2.75, 3.05) is 6.61 Å². The lowest BCUT2D eigenvalue weighted by Crippen LogP contribution is -2.63. The normalized spacial score (nSPS) is 19.0. The zero-order chi connectivity index (χ0) is 37.7. The standard InChI is InChI=1S/C42H34O12/c43-37(29-18-8-2-9-19-29)51-34-33(27-49-42(47)48-26-28-16-6-1-7-17-28)50-41(54-40(46)32-24-14-5-15-25-32)36(53-39(45)31-22-12-4-13-23-31)35(34)52-38(44)30-20-10-3-11-21-30/h1-25,33-36,41H,26-27H2/t33-,34+,35+,36-,41?/m1/s1. The van der Waals surface area contributed by atoms with Crippen LogP contribution in [0.1, 0.15) is 47.0 Å². The van der Waals surface area contributed by atoms with Crippen LogP contribution in [0.25, 0.3) is 0 Å². The SMILES string of the molecule is O=C(OCc1ccccc1)OC[C@H]1OC(OC(=O)c2ccccc2)[C@H](OC(=O)c2ccccc2)[C@@H](OC(=O)c2ccccc2)[C@H]1OC(=O)c1ccccc1. The summed E-state index contributed by atoms with van der Waals surface area (Å²) in [6.07, 6.45) is -9.34. The van der Waals surface area contributed by atoms with Gasteiger partial charge in [-0.15, -0.1) is 0 Å². The van der Waals surface area contributed by atoms with Gasteiger partial charge in [-0.25, -0.2) is 24.0 Å². The largest absolute Gasteiger partial charge is 0.508 e. The molecule has 0 aromatic heterocycles. The molecule has 0 aliphatic carbocycles. The molecule has 12 heteroatoms. The van der Waals surface area contributed by atoms with Crippen molar-refractivity contribution in [3.8, 4) is 0 Å². The van der Waals surface area contributed by atoms with Crippen LogP contribution in [-0.4, -0.2) is 67.3 Å². The van der Waals surface area contributed by atoms with Crippen molar-refractivity contribution in [3.63, 3.8) is 0 Å². The first-order valence-electron chi connectivity index (χ1n) is 16.9. The van der Waals surface area contributed by atoms with Gasteiger partial charge in [0.05, 0.1) is 22.3 Å². The number of hydrogen-bond acceptors (Lipinski definition) is 12. The minimum Gasteiger partial charge on any atom is -0.452 e. The lowest BCUT2D eigenvalue weighted by Gasteiger charge is -2.43. The molecule has 1 aliphatic rings. The summed E-state index contributed by atoms with van der Waals surface area (Å²) in [5.74, 6) is -3.53. The summed E-state index contributed by atoms with van der Waals surface area (Å²) < 4.78 is 40.5. The average Bonchev–Trinajstić information content (AvgIpc) is 3.22. The topological polar surface area (TPSA) is 150 Å². The molecule has 0 amide bonds. The van der Waals surface area contributed by atoms with Crippen molar-refractivity contribution in [3.05, 3.63) is 179 Å². The minimum absolute atomic E-state index is 0.107. The van der Waals surface area contributed by atoms with Gasteiger partial charge < -0.3 is 33.2 Å². The van der Waals surface area contributed by atoms with Gasteiger partial charge in [-0.2, -0.15) is 0 Å². The number of ether oxygens (including phenoxy) is 7. The van der Waals surface area contributed by atoms with Gasteiger partial charge in [-0.3, -0.25) is 0 Å². The Bertz CT molecular complexity index is 2010. The van der Waals surface area contributed by atoms with Crippen LogP contribution in [0.4, 0.5) is 4.79 Å². The summed E-state index contributed by atoms with van der Waals surface area (Å²) in [7, 11) is 0. The lowest BCUT2D eigenvalue weighted by atomic mass is 9.97. The quantitative estimate of drug-likeness (QED) is 0.101. The van der Waals surface area contributed by atoms with Crippen molar-refractivity contribution in [2.45, 2.75) is 37.3 Å². The van der Waals surface area contributed by atoms with Crippen LogP contribution >= 0.6 is 0 Å². The second kappa shape index (κ2) is 18.1. The molecule has 274 valence electrons. The van der Waals surface area contributed by atoms with Gasteiger partial charge in [0.2, 0.25) is 12.4 Å². The predicted octanol–water partition coefficient (Wildman–Crippen LogP) is 6.60. The van der Waals surface area contributed by atoms with Crippen molar-refractivity contribution < 1.29 is 57.1 Å². The second-order valence-corrected chi connectivity index (χ2v) is 11.9. The van der Waals surface area contributed by atoms with Crippen molar-refractivity contribution in [1.29, 1.82) is 0 Å². The highest BCUT2D eigenvalue weighted by molar-refractivity contribution is 5.92. The summed E-state index contributed by atoms with van der Waals surface area (Å²) >= 11 is 0. The molecule has 0 radical (unpaired) electrons. The molecule has 1 aliphatic heterocycles. The zero-order valence-electron chi connectivity index (χ0n) is 28.6. The van der Waals surface area contributed by atoms with Gasteiger partial charge in [-0.05, 0) is 54.1 Å². The van der Waals surface area contributed by atoms with Gasteiger partial charge in [0, 0.05) is 0 Å². The molecule has 1 fully saturated rings. The second-order valence-electron chi connectivity index (χ2n) is 11.9. The molecule has 0 bridgehead atoms. The maximum atomic E-state index is 13.7. The molecule has 0 saturated carbocycles. The smallest absolute Gasteiger partial charge is 0.452 e. The van der Waals surface area contributed by atoms with E-state index in [1.54, 1.807) is 97.1 Å². The van der Waals surface area contributed by atoms with Gasteiger partial charge in [0.15, 0.2) is 12.2 Å². The number of hydrogen-bond donors (Lipinski definition) is 0. The summed E-state index contributed by atoms with van der Waals surface area (Å²) in [5.41, 5.74) is 1.18. The number of esters is 4. The molecule has 12 nitrogen and oxygen atoms in total. The van der Waals surface area contributed by atoms with Gasteiger partial charge in [0.25, 0.3) is 0 Å². The Morgan fingerprint density at radius 2 is 0.796 bits per heavy atom. The third kappa shape index (κ3) is 9.75. The molecule has 1 heterocycles. The van der Waals surface area contributed by atoms with Crippen LogP contribution in [0.15, 0.2) is 152 Å². The van der Waals surface area contributed by atoms with Crippen LogP contribution in [0, 0.1) is 0 Å². The Hall–Kier alpha value is -6.79. The first-order chi connectivity index (χ1) is 26.4. The highest BCUT2D eigenvalue weighted by Crippen LogP contribution is 2.32. The van der Waals surface area contributed by atoms with E-state index in [0.717, 1.165) is 0 Å². The molecular weight excluding hydrogens is 696 g/mol. The van der Waals surface area contributed by atoms with Gasteiger partial charge in [0.1, 0.15) is 19.3 Å². The average molecular weight is 731 g/mol. The van der Waals surface area contributed by atoms with Gasteiger partial charge in [-0.1, -0.05) is 103 Å². The molecule has 1 unspecified atom stereocenters. The highest BCUT2D eigenvalue weighted by Gasteiger charge is 2.54. The zero-order valence-corrected chi connectivity index (χ0v) is 28.6. The van der Waals surface area contributed by atoms with E-state index in [4.69, 9.17) is 33.2 Å². The summed E-state index contributed by atoms with van der Waals surface area (Å²) in [4.78, 5) is 67.2. The summed E-state index contributed by atoms with van der Waals surface area (Å²) in [5, 5.41) is 0. The number of benzene rings is 5. The van der Waals surface area contributed by atoms with Crippen LogP contribution in [0.3, 0.4) is 0 Å². The Kier molecular flexibility index (Phi) is 12.4. The van der Waals surface area contributed by atoms with Crippen LogP contribution < -0.4 is 0 Å². The lowest BCUT2D eigenvalue weighted by molar-refractivity contribution is -0.283. The summed E-state index contributed by atoms with van der Waals surface area (Å²) in [6, 6.07) is 40.6. The molecule has 5 aromatic rings. The third-order valence-corrected chi connectivity index (χ3v) is 8.15.